The van der Waals surface area contributed by atoms with Gasteiger partial charge in [-0.3, -0.25) is 4.79 Å². The van der Waals surface area contributed by atoms with Crippen molar-refractivity contribution < 1.29 is 22.9 Å². The number of rotatable bonds is 5. The van der Waals surface area contributed by atoms with Gasteiger partial charge < -0.3 is 14.7 Å². The van der Waals surface area contributed by atoms with Crippen LogP contribution in [0.4, 0.5) is 0 Å². The number of carboxylic acids is 1. The number of hydrogen-bond acceptors (Lipinski definition) is 3. The van der Waals surface area contributed by atoms with Crippen molar-refractivity contribution in [3.05, 3.63) is 70.8 Å². The van der Waals surface area contributed by atoms with E-state index in [4.69, 9.17) is 13.0 Å². The van der Waals surface area contributed by atoms with E-state index in [1.165, 1.54) is 23.1 Å². The Hall–Kier alpha value is -2.59. The van der Waals surface area contributed by atoms with E-state index in [0.29, 0.717) is 16.7 Å². The second-order valence-corrected chi connectivity index (χ2v) is 5.77. The first-order valence-electron chi connectivity index (χ1n) is 10.8. The highest BCUT2D eigenvalue weighted by Crippen LogP contribution is 2.37. The van der Waals surface area contributed by atoms with Gasteiger partial charge in [0.15, 0.2) is 0 Å². The molecule has 1 N–H and O–H groups in total. The van der Waals surface area contributed by atoms with Crippen LogP contribution in [0.15, 0.2) is 48.5 Å². The monoisotopic (exact) mass is 343 g/mol. The number of carbonyl (C=O) groups is 1. The zero-order chi connectivity index (χ0) is 23.2. The maximum absolute atomic E-state index is 11.4. The minimum atomic E-state index is -2.66. The van der Waals surface area contributed by atoms with Crippen molar-refractivity contribution in [1.29, 1.82) is 0 Å². The predicted molar refractivity (Wildman–Crippen MR) is 98.8 cm³/mol. The summed E-state index contributed by atoms with van der Waals surface area (Å²) in [5.41, 5.74) is 1.33. The van der Waals surface area contributed by atoms with Crippen molar-refractivity contribution in [3.8, 4) is 5.75 Å². The molecule has 0 bridgehead atoms. The first kappa shape index (κ1) is 11.1. The van der Waals surface area contributed by atoms with Crippen LogP contribution in [-0.2, 0) is 17.7 Å². The van der Waals surface area contributed by atoms with E-state index in [1.807, 2.05) is 0 Å². The average Bonchev–Trinajstić information content (AvgIpc) is 2.77. The van der Waals surface area contributed by atoms with E-state index in [2.05, 4.69) is 0 Å². The molecule has 0 fully saturated rings. The summed E-state index contributed by atoms with van der Waals surface area (Å²) in [5.74, 6) is -1.53. The summed E-state index contributed by atoms with van der Waals surface area (Å²) in [4.78, 5) is 12.9. The fourth-order valence-corrected chi connectivity index (χ4v) is 2.64. The molecule has 130 valence electrons. The number of aliphatic carboxylic acids is 1. The normalized spacial score (nSPS) is 21.3. The fourth-order valence-electron chi connectivity index (χ4n) is 2.64. The lowest BCUT2D eigenvalue weighted by molar-refractivity contribution is -0.136. The number of fused-ring (bicyclic) bond motifs is 2. The van der Waals surface area contributed by atoms with Gasteiger partial charge in [-0.15, -0.1) is 0 Å². The van der Waals surface area contributed by atoms with Crippen LogP contribution < -0.4 is 4.74 Å². The molecular weight excluding hydrogens is 314 g/mol. The van der Waals surface area contributed by atoms with Gasteiger partial charge in [-0.05, 0) is 54.9 Å². The molecule has 4 nitrogen and oxygen atoms in total. The van der Waals surface area contributed by atoms with Crippen LogP contribution in [0.2, 0.25) is 0 Å². The fraction of sp³-hybridized carbons (Fsp3) is 0.286. The first-order valence-corrected chi connectivity index (χ1v) is 7.82. The molecule has 0 spiro atoms. The van der Waals surface area contributed by atoms with Gasteiger partial charge in [0.1, 0.15) is 12.3 Å². The molecule has 1 aliphatic rings. The lowest BCUT2D eigenvalue weighted by Crippen LogP contribution is -2.12. The maximum atomic E-state index is 11.4. The van der Waals surface area contributed by atoms with Crippen LogP contribution in [0.3, 0.4) is 0 Å². The van der Waals surface area contributed by atoms with E-state index in [-0.39, 0.29) is 23.3 Å². The molecule has 0 atom stereocenters. The van der Waals surface area contributed by atoms with Gasteiger partial charge in [0.05, 0.1) is 9.11 Å². The molecule has 0 amide bonds. The Labute approximate surface area is 156 Å². The second kappa shape index (κ2) is 7.53. The van der Waals surface area contributed by atoms with Crippen LogP contribution in [0, 0.1) is 0 Å². The summed E-state index contributed by atoms with van der Waals surface area (Å²) in [5, 5.41) is 9.30. The third-order valence-corrected chi connectivity index (χ3v) is 3.72. The lowest BCUT2D eigenvalue weighted by Gasteiger charge is -2.13. The Kier molecular flexibility index (Phi) is 3.35. The Morgan fingerprint density at radius 2 is 2.12 bits per heavy atom. The predicted octanol–water partition coefficient (Wildman–Crippen LogP) is 3.59. The highest BCUT2D eigenvalue weighted by atomic mass is 16.5. The van der Waals surface area contributed by atoms with Crippen LogP contribution in [-0.4, -0.2) is 36.6 Å². The number of ether oxygens (including phenoxy) is 1. The summed E-state index contributed by atoms with van der Waals surface area (Å²) in [6.45, 7) is -3.89. The Balaban J connectivity index is 2.29. The molecule has 3 rings (SSSR count). The van der Waals surface area contributed by atoms with Crippen molar-refractivity contribution in [2.24, 2.45) is 0 Å². The third-order valence-electron chi connectivity index (χ3n) is 3.72. The maximum Gasteiger partial charge on any atom is 0.307 e. The van der Waals surface area contributed by atoms with Crippen LogP contribution in [0.25, 0.3) is 5.57 Å². The second-order valence-electron chi connectivity index (χ2n) is 5.77. The van der Waals surface area contributed by atoms with E-state index >= 15 is 0 Å². The largest absolute Gasteiger partial charge is 0.488 e. The van der Waals surface area contributed by atoms with E-state index in [9.17, 15) is 9.90 Å². The third kappa shape index (κ3) is 4.09. The minimum Gasteiger partial charge on any atom is -0.488 e. The number of benzene rings is 2. The van der Waals surface area contributed by atoms with Gasteiger partial charge in [-0.25, -0.2) is 0 Å². The Morgan fingerprint density at radius 1 is 1.32 bits per heavy atom. The van der Waals surface area contributed by atoms with Gasteiger partial charge in [0, 0.05) is 17.5 Å². The Bertz CT molecular complexity index is 1050. The topological polar surface area (TPSA) is 49.8 Å². The number of nitrogens with zero attached hydrogens (tertiary/aromatic N) is 1. The average molecular weight is 343 g/mol. The summed E-state index contributed by atoms with van der Waals surface area (Å²) in [7, 11) is 3.21. The molecule has 0 saturated carbocycles. The quantitative estimate of drug-likeness (QED) is 0.901. The molecule has 0 saturated heterocycles. The van der Waals surface area contributed by atoms with Gasteiger partial charge in [0.25, 0.3) is 0 Å². The lowest BCUT2D eigenvalue weighted by atomic mass is 9.92. The SMILES string of the molecule is [2H]C1([2H])Oc2ccc(C([2H])([2H])C(=O)O)cc2/C(=C\CC([2H])([2H])N(C)C)c2ccccc21. The molecule has 0 aromatic heterocycles. The summed E-state index contributed by atoms with van der Waals surface area (Å²) < 4.78 is 54.7. The zero-order valence-corrected chi connectivity index (χ0v) is 14.0. The van der Waals surface area contributed by atoms with E-state index < -0.39 is 25.4 Å². The van der Waals surface area contributed by atoms with Gasteiger partial charge >= 0.3 is 5.97 Å². The van der Waals surface area contributed by atoms with Gasteiger partial charge in [0.2, 0.25) is 0 Å². The van der Waals surface area contributed by atoms with Crippen molar-refractivity contribution in [2.75, 3.05) is 20.6 Å². The van der Waals surface area contributed by atoms with Crippen LogP contribution in [0.1, 0.15) is 36.9 Å². The summed E-state index contributed by atoms with van der Waals surface area (Å²) >= 11 is 0. The Morgan fingerprint density at radius 3 is 2.88 bits per heavy atom. The van der Waals surface area contributed by atoms with Crippen molar-refractivity contribution in [3.63, 3.8) is 0 Å². The number of carboxylic acid groups (broad SMARTS) is 1. The standard InChI is InChI=1S/C21H23NO3/c1-22(2)11-5-8-18-17-7-4-3-6-16(17)14-25-20-10-9-15(12-19(18)20)13-21(23)24/h3-4,6-10,12H,5,11,13-14H2,1-2H3,(H,23,24)/b18-8-/i11D2,13D2,14D2. The van der Waals surface area contributed by atoms with Crippen molar-refractivity contribution >= 4 is 11.5 Å². The molecule has 2 aromatic rings. The molecule has 1 heterocycles. The van der Waals surface area contributed by atoms with Crippen molar-refractivity contribution in [2.45, 2.75) is 19.4 Å². The first-order chi connectivity index (χ1) is 14.3. The molecule has 0 aliphatic carbocycles. The zero-order valence-electron chi connectivity index (χ0n) is 20.0. The minimum absolute atomic E-state index is 0.0395. The van der Waals surface area contributed by atoms with E-state index in [0.717, 1.165) is 0 Å². The molecular formula is C21H23NO3. The smallest absolute Gasteiger partial charge is 0.307 e. The molecule has 0 unspecified atom stereocenters. The van der Waals surface area contributed by atoms with Gasteiger partial charge in [-0.1, -0.05) is 36.4 Å². The molecule has 1 aliphatic heterocycles. The van der Waals surface area contributed by atoms with Crippen LogP contribution in [0.5, 0.6) is 5.75 Å². The molecule has 25 heavy (non-hydrogen) atoms. The number of hydrogen-bond donors (Lipinski definition) is 1. The van der Waals surface area contributed by atoms with Crippen LogP contribution >= 0.6 is 0 Å². The summed E-state index contributed by atoms with van der Waals surface area (Å²) in [6, 6.07) is 10.6. The summed E-state index contributed by atoms with van der Waals surface area (Å²) in [6.07, 6.45) is -1.09. The molecule has 4 heteroatoms. The molecule has 2 aromatic carbocycles. The van der Waals surface area contributed by atoms with Crippen molar-refractivity contribution in [1.82, 2.24) is 4.90 Å². The van der Waals surface area contributed by atoms with E-state index in [1.54, 1.807) is 44.4 Å². The van der Waals surface area contributed by atoms with Gasteiger partial charge in [-0.2, -0.15) is 0 Å². The highest BCUT2D eigenvalue weighted by molar-refractivity contribution is 5.85. The highest BCUT2D eigenvalue weighted by Gasteiger charge is 2.19. The molecule has 0 radical (unpaired) electrons.